The molecule has 3 N–H and O–H groups in total. The van der Waals surface area contributed by atoms with Crippen molar-refractivity contribution >= 4 is 12.1 Å². The number of amides is 1. The molecule has 0 heterocycles. The number of benzene rings is 3. The summed E-state index contributed by atoms with van der Waals surface area (Å²) in [5.41, 5.74) is 5.13. The third kappa shape index (κ3) is 5.84. The van der Waals surface area contributed by atoms with E-state index in [0.717, 1.165) is 5.56 Å². The molecule has 1 amide bonds. The van der Waals surface area contributed by atoms with Gasteiger partial charge in [-0.15, -0.1) is 0 Å². The zero-order valence-corrected chi connectivity index (χ0v) is 19.1. The largest absolute Gasteiger partial charge is 0.507 e. The lowest BCUT2D eigenvalue weighted by Crippen LogP contribution is -2.17. The number of nitrogens with one attached hydrogen (secondary N) is 1. The van der Waals surface area contributed by atoms with E-state index in [-0.39, 0.29) is 35.0 Å². The summed E-state index contributed by atoms with van der Waals surface area (Å²) in [7, 11) is 1.46. The maximum absolute atomic E-state index is 12.2. The van der Waals surface area contributed by atoms with Gasteiger partial charge in [-0.05, 0) is 47.4 Å². The summed E-state index contributed by atoms with van der Waals surface area (Å²) in [5.74, 6) is 0.0400. The van der Waals surface area contributed by atoms with Crippen LogP contribution in [0.1, 0.15) is 52.4 Å². The molecule has 0 aliphatic heterocycles. The van der Waals surface area contributed by atoms with E-state index in [4.69, 9.17) is 14.7 Å². The topological polar surface area (TPSA) is 124 Å². The fourth-order valence-corrected chi connectivity index (χ4v) is 3.13. The van der Waals surface area contributed by atoms with E-state index in [1.54, 1.807) is 12.1 Å². The molecule has 3 rings (SSSR count). The normalized spacial score (nSPS) is 10.8. The number of carbonyl (C=O) groups excluding carboxylic acids is 1. The van der Waals surface area contributed by atoms with E-state index < -0.39 is 5.91 Å². The number of ether oxygens (including phenoxy) is 2. The summed E-state index contributed by atoms with van der Waals surface area (Å²) in [4.78, 5) is 12.2. The van der Waals surface area contributed by atoms with Crippen LogP contribution in [0.5, 0.6) is 23.0 Å². The van der Waals surface area contributed by atoms with E-state index in [0.29, 0.717) is 17.2 Å². The minimum Gasteiger partial charge on any atom is -0.507 e. The SMILES string of the molecule is COc1cc(/C=N/NC(=O)c2ccc(O)c(C#N)c2)cc(O)c1OCc1ccc(C(C)C)cc1. The molecular weight excluding hydrogens is 434 g/mol. The summed E-state index contributed by atoms with van der Waals surface area (Å²) in [6.07, 6.45) is 1.33. The molecule has 3 aromatic rings. The molecule has 0 atom stereocenters. The van der Waals surface area contributed by atoms with E-state index in [2.05, 4.69) is 24.4 Å². The molecule has 0 aliphatic carbocycles. The molecule has 0 unspecified atom stereocenters. The maximum atomic E-state index is 12.2. The Bertz CT molecular complexity index is 1240. The lowest BCUT2D eigenvalue weighted by atomic mass is 10.0. The molecule has 0 spiro atoms. The van der Waals surface area contributed by atoms with Gasteiger partial charge in [-0.3, -0.25) is 4.79 Å². The number of hydrogen-bond acceptors (Lipinski definition) is 7. The minimum atomic E-state index is -0.563. The maximum Gasteiger partial charge on any atom is 0.271 e. The molecule has 0 saturated carbocycles. The van der Waals surface area contributed by atoms with Gasteiger partial charge in [0.15, 0.2) is 11.5 Å². The molecule has 0 aliphatic rings. The smallest absolute Gasteiger partial charge is 0.271 e. The van der Waals surface area contributed by atoms with Gasteiger partial charge in [0.05, 0.1) is 18.9 Å². The summed E-state index contributed by atoms with van der Waals surface area (Å²) in [6.45, 7) is 4.51. The van der Waals surface area contributed by atoms with E-state index in [9.17, 15) is 15.0 Å². The van der Waals surface area contributed by atoms with E-state index in [1.165, 1.54) is 43.2 Å². The third-order valence-corrected chi connectivity index (χ3v) is 5.07. The average Bonchev–Trinajstić information content (AvgIpc) is 2.83. The van der Waals surface area contributed by atoms with Gasteiger partial charge in [-0.25, -0.2) is 5.43 Å². The van der Waals surface area contributed by atoms with Gasteiger partial charge in [0.25, 0.3) is 5.91 Å². The Morgan fingerprint density at radius 3 is 2.50 bits per heavy atom. The molecule has 0 bridgehead atoms. The summed E-state index contributed by atoms with van der Waals surface area (Å²) in [6, 6.07) is 16.8. The number of methoxy groups -OCH3 is 1. The Hall–Kier alpha value is -4.51. The second-order valence-electron chi connectivity index (χ2n) is 7.80. The zero-order valence-electron chi connectivity index (χ0n) is 19.1. The first kappa shape index (κ1) is 24.1. The monoisotopic (exact) mass is 459 g/mol. The van der Waals surface area contributed by atoms with Crippen LogP contribution < -0.4 is 14.9 Å². The Morgan fingerprint density at radius 2 is 1.85 bits per heavy atom. The number of phenols is 2. The van der Waals surface area contributed by atoms with Crippen LogP contribution in [0.4, 0.5) is 0 Å². The molecule has 0 radical (unpaired) electrons. The van der Waals surface area contributed by atoms with Crippen molar-refractivity contribution < 1.29 is 24.5 Å². The van der Waals surface area contributed by atoms with Crippen LogP contribution in [0.2, 0.25) is 0 Å². The number of carbonyl (C=O) groups is 1. The fourth-order valence-electron chi connectivity index (χ4n) is 3.13. The minimum absolute atomic E-state index is 0.0160. The molecule has 34 heavy (non-hydrogen) atoms. The van der Waals surface area contributed by atoms with Crippen molar-refractivity contribution in [2.24, 2.45) is 5.10 Å². The highest BCUT2D eigenvalue weighted by Gasteiger charge is 2.13. The Balaban J connectivity index is 1.68. The lowest BCUT2D eigenvalue weighted by molar-refractivity contribution is 0.0955. The second-order valence-corrected chi connectivity index (χ2v) is 7.80. The number of nitrogens with zero attached hydrogens (tertiary/aromatic N) is 2. The average molecular weight is 460 g/mol. The Labute approximate surface area is 197 Å². The first-order valence-electron chi connectivity index (χ1n) is 10.5. The third-order valence-electron chi connectivity index (χ3n) is 5.07. The standard InChI is InChI=1S/C26H25N3O5/c1-16(2)19-6-4-17(5-7-19)15-34-25-23(31)10-18(11-24(25)33-3)14-28-29-26(32)20-8-9-22(30)21(12-20)13-27/h4-12,14,16,30-31H,15H2,1-3H3,(H,29,32)/b28-14+. The number of phenolic OH excluding ortho intramolecular Hbond substituents is 2. The predicted molar refractivity (Wildman–Crippen MR) is 127 cm³/mol. The van der Waals surface area contributed by atoms with Gasteiger partial charge in [0, 0.05) is 11.1 Å². The van der Waals surface area contributed by atoms with Gasteiger partial charge in [-0.1, -0.05) is 38.1 Å². The van der Waals surface area contributed by atoms with Crippen molar-refractivity contribution in [2.45, 2.75) is 26.4 Å². The molecule has 174 valence electrons. The summed E-state index contributed by atoms with van der Waals surface area (Å²) >= 11 is 0. The van der Waals surface area contributed by atoms with Gasteiger partial charge in [0.2, 0.25) is 5.75 Å². The number of hydrazone groups is 1. The van der Waals surface area contributed by atoms with Gasteiger partial charge < -0.3 is 19.7 Å². The summed E-state index contributed by atoms with van der Waals surface area (Å²) in [5, 5.41) is 32.8. The first-order chi connectivity index (χ1) is 16.3. The highest BCUT2D eigenvalue weighted by molar-refractivity contribution is 5.95. The highest BCUT2D eigenvalue weighted by atomic mass is 16.5. The van der Waals surface area contributed by atoms with Crippen LogP contribution in [0, 0.1) is 11.3 Å². The van der Waals surface area contributed by atoms with Gasteiger partial charge >= 0.3 is 0 Å². The van der Waals surface area contributed by atoms with Crippen LogP contribution >= 0.6 is 0 Å². The summed E-state index contributed by atoms with van der Waals surface area (Å²) < 4.78 is 11.1. The van der Waals surface area contributed by atoms with E-state index >= 15 is 0 Å². The molecular formula is C26H25N3O5. The van der Waals surface area contributed by atoms with E-state index in [1.807, 2.05) is 24.3 Å². The Morgan fingerprint density at radius 1 is 1.12 bits per heavy atom. The zero-order chi connectivity index (χ0) is 24.7. The Kier molecular flexibility index (Phi) is 7.72. The highest BCUT2D eigenvalue weighted by Crippen LogP contribution is 2.38. The van der Waals surface area contributed by atoms with Crippen LogP contribution in [0.3, 0.4) is 0 Å². The van der Waals surface area contributed by atoms with Crippen molar-refractivity contribution in [3.63, 3.8) is 0 Å². The predicted octanol–water partition coefficient (Wildman–Crippen LogP) is 4.44. The molecule has 0 fully saturated rings. The lowest BCUT2D eigenvalue weighted by Gasteiger charge is -2.14. The van der Waals surface area contributed by atoms with Crippen LogP contribution in [0.25, 0.3) is 0 Å². The van der Waals surface area contributed by atoms with Gasteiger partial charge in [-0.2, -0.15) is 10.4 Å². The van der Waals surface area contributed by atoms with Crippen molar-refractivity contribution in [3.8, 4) is 29.1 Å². The molecule has 0 aromatic heterocycles. The molecule has 8 heteroatoms. The number of rotatable bonds is 8. The molecule has 8 nitrogen and oxygen atoms in total. The molecule has 3 aromatic carbocycles. The van der Waals surface area contributed by atoms with Crippen molar-refractivity contribution in [1.29, 1.82) is 5.26 Å². The number of nitriles is 1. The van der Waals surface area contributed by atoms with Crippen LogP contribution in [-0.4, -0.2) is 29.4 Å². The quantitative estimate of drug-likeness (QED) is 0.338. The fraction of sp³-hybridized carbons (Fsp3) is 0.192. The van der Waals surface area contributed by atoms with Crippen LogP contribution in [-0.2, 0) is 6.61 Å². The number of hydrogen-bond donors (Lipinski definition) is 3. The van der Waals surface area contributed by atoms with Crippen molar-refractivity contribution in [1.82, 2.24) is 5.43 Å². The number of aromatic hydroxyl groups is 2. The molecule has 0 saturated heterocycles. The van der Waals surface area contributed by atoms with Gasteiger partial charge in [0.1, 0.15) is 18.4 Å². The van der Waals surface area contributed by atoms with Crippen LogP contribution in [0.15, 0.2) is 59.7 Å². The second kappa shape index (κ2) is 10.9. The van der Waals surface area contributed by atoms with Crippen molar-refractivity contribution in [2.75, 3.05) is 7.11 Å². The van der Waals surface area contributed by atoms with Crippen molar-refractivity contribution in [3.05, 3.63) is 82.4 Å². The first-order valence-corrected chi connectivity index (χ1v) is 10.5.